The van der Waals surface area contributed by atoms with Gasteiger partial charge in [-0.25, -0.2) is 4.98 Å². The zero-order valence-corrected chi connectivity index (χ0v) is 8.89. The number of nitrogens with zero attached hydrogens (tertiary/aromatic N) is 1. The fourth-order valence-electron chi connectivity index (χ4n) is 1.36. The number of rotatable bonds is 1. The van der Waals surface area contributed by atoms with Crippen molar-refractivity contribution in [2.24, 2.45) is 0 Å². The van der Waals surface area contributed by atoms with Gasteiger partial charge in [-0.2, -0.15) is 8.42 Å². The second-order valence-electron chi connectivity index (χ2n) is 2.89. The van der Waals surface area contributed by atoms with Gasteiger partial charge in [0.1, 0.15) is 10.0 Å². The summed E-state index contributed by atoms with van der Waals surface area (Å²) in [4.78, 5) is 3.39. The summed E-state index contributed by atoms with van der Waals surface area (Å²) in [5.41, 5.74) is 0. The summed E-state index contributed by atoms with van der Waals surface area (Å²) < 4.78 is 34.5. The van der Waals surface area contributed by atoms with Crippen molar-refractivity contribution in [2.75, 3.05) is 0 Å². The number of fused-ring (bicyclic) bond motifs is 1. The minimum absolute atomic E-state index is 0.151. The topological polar surface area (TPSA) is 47.0 Å². The summed E-state index contributed by atoms with van der Waals surface area (Å²) >= 11 is 5.75. The lowest BCUT2D eigenvalue weighted by Gasteiger charge is -2.02. The molecule has 15 heavy (non-hydrogen) atoms. The number of aromatic nitrogens is 1. The molecule has 0 N–H and O–H groups in total. The Balaban J connectivity index is 2.96. The van der Waals surface area contributed by atoms with Crippen molar-refractivity contribution in [3.8, 4) is 0 Å². The van der Waals surface area contributed by atoms with E-state index in [-0.39, 0.29) is 15.4 Å². The fraction of sp³-hybridized carbons (Fsp3) is 0. The molecule has 1 aromatic heterocycles. The average Bonchev–Trinajstić information content (AvgIpc) is 2.16. The number of hydrogen-bond acceptors (Lipinski definition) is 3. The quantitative estimate of drug-likeness (QED) is 0.573. The van der Waals surface area contributed by atoms with Crippen molar-refractivity contribution in [1.29, 1.82) is 0 Å². The van der Waals surface area contributed by atoms with Crippen LogP contribution in [0.5, 0.6) is 0 Å². The predicted octanol–water partition coefficient (Wildman–Crippen LogP) is 2.55. The molecule has 2 rings (SSSR count). The van der Waals surface area contributed by atoms with Crippen LogP contribution in [-0.4, -0.2) is 13.4 Å². The Morgan fingerprint density at radius 1 is 1.20 bits per heavy atom. The lowest BCUT2D eigenvalue weighted by molar-refractivity contribution is 0.553. The molecule has 2 aromatic rings. The lowest BCUT2D eigenvalue weighted by atomic mass is 10.2. The normalized spacial score (nSPS) is 11.9. The Morgan fingerprint density at radius 3 is 2.60 bits per heavy atom. The maximum atomic E-state index is 12.9. The first-order chi connectivity index (χ1) is 7.00. The first kappa shape index (κ1) is 10.3. The maximum Gasteiger partial charge on any atom is 0.332 e. The van der Waals surface area contributed by atoms with Crippen LogP contribution in [0, 0.1) is 0 Å². The molecule has 0 unspecified atom stereocenters. The van der Waals surface area contributed by atoms with E-state index in [1.165, 1.54) is 24.4 Å². The van der Waals surface area contributed by atoms with Crippen LogP contribution in [0.15, 0.2) is 35.4 Å². The van der Waals surface area contributed by atoms with Crippen LogP contribution < -0.4 is 0 Å². The molecule has 0 bridgehead atoms. The van der Waals surface area contributed by atoms with Crippen molar-refractivity contribution in [2.45, 2.75) is 4.90 Å². The SMILES string of the molecule is O=S(=O)(F)c1cccc2c(Cl)nccc12. The van der Waals surface area contributed by atoms with Crippen molar-refractivity contribution in [3.63, 3.8) is 0 Å². The van der Waals surface area contributed by atoms with Crippen LogP contribution in [-0.2, 0) is 10.2 Å². The number of pyridine rings is 1. The second kappa shape index (κ2) is 3.43. The van der Waals surface area contributed by atoms with Gasteiger partial charge >= 0.3 is 10.2 Å². The monoisotopic (exact) mass is 245 g/mol. The zero-order valence-electron chi connectivity index (χ0n) is 7.31. The minimum Gasteiger partial charge on any atom is -0.244 e. The van der Waals surface area contributed by atoms with Gasteiger partial charge in [0.25, 0.3) is 0 Å². The molecule has 0 saturated heterocycles. The molecular weight excluding hydrogens is 241 g/mol. The highest BCUT2D eigenvalue weighted by atomic mass is 35.5. The van der Waals surface area contributed by atoms with Gasteiger partial charge in [-0.05, 0) is 12.1 Å². The largest absolute Gasteiger partial charge is 0.332 e. The van der Waals surface area contributed by atoms with Crippen LogP contribution in [0.4, 0.5) is 3.89 Å². The van der Waals surface area contributed by atoms with Gasteiger partial charge in [-0.15, -0.1) is 3.89 Å². The standard InChI is InChI=1S/C9H5ClFNO2S/c10-9-7-2-1-3-8(15(11,13)14)6(7)4-5-12-9/h1-5H. The third-order valence-corrected chi connectivity index (χ3v) is 3.16. The molecule has 0 aliphatic carbocycles. The third-order valence-electron chi connectivity index (χ3n) is 1.98. The van der Waals surface area contributed by atoms with E-state index in [1.807, 2.05) is 0 Å². The molecule has 1 heterocycles. The fourth-order valence-corrected chi connectivity index (χ4v) is 2.26. The maximum absolute atomic E-state index is 12.9. The summed E-state index contributed by atoms with van der Waals surface area (Å²) in [5.74, 6) is 0. The Hall–Kier alpha value is -1.20. The lowest BCUT2D eigenvalue weighted by Crippen LogP contribution is -1.93. The van der Waals surface area contributed by atoms with Crippen LogP contribution in [0.3, 0.4) is 0 Å². The van der Waals surface area contributed by atoms with Gasteiger partial charge in [0.05, 0.1) is 0 Å². The predicted molar refractivity (Wildman–Crippen MR) is 55.0 cm³/mol. The van der Waals surface area contributed by atoms with E-state index < -0.39 is 10.2 Å². The highest BCUT2D eigenvalue weighted by Gasteiger charge is 2.16. The summed E-state index contributed by atoms with van der Waals surface area (Å²) in [6.07, 6.45) is 1.33. The Morgan fingerprint density at radius 2 is 1.93 bits per heavy atom. The van der Waals surface area contributed by atoms with E-state index in [2.05, 4.69) is 4.98 Å². The highest BCUT2D eigenvalue weighted by Crippen LogP contribution is 2.27. The van der Waals surface area contributed by atoms with Gasteiger partial charge in [0, 0.05) is 17.0 Å². The smallest absolute Gasteiger partial charge is 0.244 e. The van der Waals surface area contributed by atoms with Crippen molar-refractivity contribution >= 4 is 32.6 Å². The molecule has 6 heteroatoms. The number of hydrogen-bond donors (Lipinski definition) is 0. The van der Waals surface area contributed by atoms with E-state index in [0.29, 0.717) is 5.39 Å². The van der Waals surface area contributed by atoms with Crippen LogP contribution in [0.1, 0.15) is 0 Å². The minimum atomic E-state index is -4.73. The molecule has 0 radical (unpaired) electrons. The first-order valence-electron chi connectivity index (χ1n) is 3.98. The molecule has 0 aliphatic heterocycles. The van der Waals surface area contributed by atoms with Crippen molar-refractivity contribution in [3.05, 3.63) is 35.6 Å². The van der Waals surface area contributed by atoms with E-state index in [1.54, 1.807) is 6.07 Å². The zero-order chi connectivity index (χ0) is 11.1. The Kier molecular flexibility index (Phi) is 2.36. The molecule has 3 nitrogen and oxygen atoms in total. The molecule has 0 aliphatic rings. The summed E-state index contributed by atoms with van der Waals surface area (Å²) in [6.45, 7) is 0. The molecule has 0 spiro atoms. The van der Waals surface area contributed by atoms with Gasteiger partial charge in [0.2, 0.25) is 0 Å². The number of benzene rings is 1. The second-order valence-corrected chi connectivity index (χ2v) is 4.56. The van der Waals surface area contributed by atoms with Crippen LogP contribution in [0.2, 0.25) is 5.15 Å². The van der Waals surface area contributed by atoms with Crippen LogP contribution in [0.25, 0.3) is 10.8 Å². The first-order valence-corrected chi connectivity index (χ1v) is 5.74. The van der Waals surface area contributed by atoms with E-state index in [9.17, 15) is 12.3 Å². The van der Waals surface area contributed by atoms with Gasteiger partial charge in [-0.3, -0.25) is 0 Å². The molecule has 0 fully saturated rings. The summed E-state index contributed by atoms with van der Waals surface area (Å²) in [5, 5.41) is 0.802. The van der Waals surface area contributed by atoms with Crippen molar-refractivity contribution < 1.29 is 12.3 Å². The van der Waals surface area contributed by atoms with Gasteiger partial charge in [-0.1, -0.05) is 23.7 Å². The molecule has 0 saturated carbocycles. The Bertz CT molecular complexity index is 627. The molecule has 78 valence electrons. The van der Waals surface area contributed by atoms with Gasteiger partial charge < -0.3 is 0 Å². The molecule has 1 aromatic carbocycles. The van der Waals surface area contributed by atoms with E-state index in [4.69, 9.17) is 11.6 Å². The summed E-state index contributed by atoms with van der Waals surface area (Å²) in [6, 6.07) is 5.60. The molecule has 0 amide bonds. The van der Waals surface area contributed by atoms with E-state index >= 15 is 0 Å². The molecular formula is C9H5ClFNO2S. The van der Waals surface area contributed by atoms with Crippen molar-refractivity contribution in [1.82, 2.24) is 4.98 Å². The number of halogens is 2. The summed E-state index contributed by atoms with van der Waals surface area (Å²) in [7, 11) is -4.73. The average molecular weight is 246 g/mol. The van der Waals surface area contributed by atoms with Crippen LogP contribution >= 0.6 is 11.6 Å². The highest BCUT2D eigenvalue weighted by molar-refractivity contribution is 7.86. The van der Waals surface area contributed by atoms with E-state index in [0.717, 1.165) is 0 Å². The molecule has 0 atom stereocenters. The van der Waals surface area contributed by atoms with Gasteiger partial charge in [0.15, 0.2) is 0 Å². The Labute approximate surface area is 90.7 Å². The third kappa shape index (κ3) is 1.80.